The second kappa shape index (κ2) is 8.03. The molecule has 8 rings (SSSR count). The molecule has 3 aromatic rings. The van der Waals surface area contributed by atoms with Crippen LogP contribution in [0, 0.1) is 17.8 Å². The van der Waals surface area contributed by atoms with Crippen LogP contribution < -0.4 is 16.0 Å². The van der Waals surface area contributed by atoms with Crippen LogP contribution in [-0.4, -0.2) is 61.9 Å². The summed E-state index contributed by atoms with van der Waals surface area (Å²) in [6.45, 7) is 1.78. The number of anilines is 1. The summed E-state index contributed by atoms with van der Waals surface area (Å²) in [6, 6.07) is 2.39. The lowest BCUT2D eigenvalue weighted by molar-refractivity contribution is -0.129. The minimum Gasteiger partial charge on any atom is -0.390 e. The summed E-state index contributed by atoms with van der Waals surface area (Å²) in [5.41, 5.74) is 1.89. The Morgan fingerprint density at radius 3 is 2.74 bits per heavy atom. The highest BCUT2D eigenvalue weighted by atomic mass is 16.5. The first kappa shape index (κ1) is 21.3. The average Bonchev–Trinajstić information content (AvgIpc) is 3.51. The fourth-order valence-electron chi connectivity index (χ4n) is 7.35. The van der Waals surface area contributed by atoms with E-state index in [0.717, 1.165) is 74.8 Å². The molecular formula is C25H31N7O3. The maximum Gasteiger partial charge on any atom is 0.292 e. The molecular weight excluding hydrogens is 446 g/mol. The van der Waals surface area contributed by atoms with E-state index < -0.39 is 5.60 Å². The van der Waals surface area contributed by atoms with Crippen molar-refractivity contribution in [2.75, 3.05) is 18.4 Å². The Morgan fingerprint density at radius 1 is 1.17 bits per heavy atom. The number of carbonyl (C=O) groups excluding carboxylic acids is 1. The van der Waals surface area contributed by atoms with Crippen molar-refractivity contribution in [3.63, 3.8) is 0 Å². The van der Waals surface area contributed by atoms with E-state index in [4.69, 9.17) is 4.52 Å². The van der Waals surface area contributed by atoms with Gasteiger partial charge in [-0.15, -0.1) is 0 Å². The maximum absolute atomic E-state index is 12.8. The van der Waals surface area contributed by atoms with Crippen molar-refractivity contribution in [3.8, 4) is 11.5 Å². The Balaban J connectivity index is 1.19. The van der Waals surface area contributed by atoms with Gasteiger partial charge < -0.3 is 30.6 Å². The zero-order valence-electron chi connectivity index (χ0n) is 19.6. The number of aliphatic hydroxyl groups is 1. The van der Waals surface area contributed by atoms with E-state index in [1.807, 2.05) is 12.3 Å². The minimum atomic E-state index is -0.484. The zero-order valence-corrected chi connectivity index (χ0v) is 19.6. The van der Waals surface area contributed by atoms with Crippen LogP contribution >= 0.6 is 0 Å². The number of piperidine rings is 1. The van der Waals surface area contributed by atoms with Gasteiger partial charge in [-0.05, 0) is 81.9 Å². The van der Waals surface area contributed by atoms with Gasteiger partial charge in [0.25, 0.3) is 17.6 Å². The quantitative estimate of drug-likeness (QED) is 0.377. The molecule has 3 unspecified atom stereocenters. The zero-order chi connectivity index (χ0) is 23.6. The number of H-pyrrole nitrogens is 1. The van der Waals surface area contributed by atoms with Crippen molar-refractivity contribution in [1.29, 1.82) is 0 Å². The molecule has 1 saturated heterocycles. The van der Waals surface area contributed by atoms with Gasteiger partial charge in [0.2, 0.25) is 0 Å². The van der Waals surface area contributed by atoms with E-state index in [-0.39, 0.29) is 29.7 Å². The van der Waals surface area contributed by atoms with Gasteiger partial charge in [-0.1, -0.05) is 5.16 Å². The molecule has 10 nitrogen and oxygen atoms in total. The number of aromatic amines is 1. The van der Waals surface area contributed by atoms with Crippen molar-refractivity contribution < 1.29 is 14.4 Å². The molecule has 4 bridgehead atoms. The predicted molar refractivity (Wildman–Crippen MR) is 129 cm³/mol. The molecule has 3 aromatic heterocycles. The van der Waals surface area contributed by atoms with Crippen molar-refractivity contribution in [3.05, 3.63) is 24.3 Å². The molecule has 5 fully saturated rings. The summed E-state index contributed by atoms with van der Waals surface area (Å²) in [7, 11) is 0. The number of rotatable bonds is 5. The number of hydrogen-bond acceptors (Lipinski definition) is 8. The van der Waals surface area contributed by atoms with E-state index >= 15 is 0 Å². The van der Waals surface area contributed by atoms with Crippen molar-refractivity contribution in [1.82, 2.24) is 30.7 Å². The van der Waals surface area contributed by atoms with E-state index in [1.54, 1.807) is 6.20 Å². The maximum atomic E-state index is 12.8. The fourth-order valence-corrected chi connectivity index (χ4v) is 7.35. The fraction of sp³-hybridized carbons (Fsp3) is 0.600. The summed E-state index contributed by atoms with van der Waals surface area (Å²) >= 11 is 0. The first-order chi connectivity index (χ1) is 17.0. The summed E-state index contributed by atoms with van der Waals surface area (Å²) in [5, 5.41) is 26.1. The lowest BCUT2D eigenvalue weighted by atomic mass is 9.52. The summed E-state index contributed by atoms with van der Waals surface area (Å²) in [5.74, 6) is 1.52. The minimum absolute atomic E-state index is 0.0375. The highest BCUT2D eigenvalue weighted by Crippen LogP contribution is 2.56. The number of aromatic nitrogens is 4. The van der Waals surface area contributed by atoms with E-state index in [0.29, 0.717) is 23.3 Å². The van der Waals surface area contributed by atoms with Crippen molar-refractivity contribution in [2.45, 2.75) is 62.6 Å². The number of fused-ring (bicyclic) bond motifs is 1. The summed E-state index contributed by atoms with van der Waals surface area (Å²) < 4.78 is 5.59. The van der Waals surface area contributed by atoms with Crippen LogP contribution in [0.2, 0.25) is 0 Å². The van der Waals surface area contributed by atoms with Crippen LogP contribution in [0.15, 0.2) is 23.0 Å². The van der Waals surface area contributed by atoms with Gasteiger partial charge in [0.05, 0.1) is 16.9 Å². The van der Waals surface area contributed by atoms with Crippen LogP contribution in [0.3, 0.4) is 0 Å². The van der Waals surface area contributed by atoms with E-state index in [2.05, 4.69) is 36.1 Å². The van der Waals surface area contributed by atoms with E-state index in [1.165, 1.54) is 0 Å². The molecule has 5 aliphatic rings. The second-order valence-corrected chi connectivity index (χ2v) is 11.1. The molecule has 0 radical (unpaired) electrons. The Kier molecular flexibility index (Phi) is 4.89. The van der Waals surface area contributed by atoms with Gasteiger partial charge in [0, 0.05) is 29.9 Å². The molecule has 5 atom stereocenters. The summed E-state index contributed by atoms with van der Waals surface area (Å²) in [6.07, 6.45) is 10.4. The third-order valence-electron chi connectivity index (χ3n) is 8.67. The van der Waals surface area contributed by atoms with Gasteiger partial charge in [-0.25, -0.2) is 4.98 Å². The van der Waals surface area contributed by atoms with Crippen LogP contribution in [0.4, 0.5) is 5.69 Å². The largest absolute Gasteiger partial charge is 0.390 e. The Bertz CT molecular complexity index is 1250. The molecule has 4 saturated carbocycles. The topological polar surface area (TPSA) is 141 Å². The van der Waals surface area contributed by atoms with Crippen molar-refractivity contribution in [2.24, 2.45) is 17.8 Å². The Labute approximate surface area is 202 Å². The Morgan fingerprint density at radius 2 is 1.97 bits per heavy atom. The van der Waals surface area contributed by atoms with Crippen molar-refractivity contribution >= 4 is 22.6 Å². The second-order valence-electron chi connectivity index (χ2n) is 11.1. The SMILES string of the molecule is O=C(NC1CCNCC1)c1noc(-c2cnc3[nH]ccc3c2NC2[C@@H]3CC4C[C@H]2CC(O)(C4)C3)n1. The number of hydrogen-bond donors (Lipinski definition) is 5. The number of pyridine rings is 1. The highest BCUT2D eigenvalue weighted by Gasteiger charge is 2.54. The molecule has 0 spiro atoms. The van der Waals surface area contributed by atoms with Gasteiger partial charge >= 0.3 is 0 Å². The lowest BCUT2D eigenvalue weighted by Crippen LogP contribution is -2.59. The van der Waals surface area contributed by atoms with E-state index in [9.17, 15) is 9.90 Å². The lowest BCUT2D eigenvalue weighted by Gasteiger charge is -2.58. The third kappa shape index (κ3) is 3.70. The molecule has 184 valence electrons. The van der Waals surface area contributed by atoms with Gasteiger partial charge in [0.15, 0.2) is 0 Å². The molecule has 35 heavy (non-hydrogen) atoms. The van der Waals surface area contributed by atoms with Gasteiger partial charge in [-0.3, -0.25) is 4.79 Å². The average molecular weight is 478 g/mol. The number of carbonyl (C=O) groups is 1. The highest BCUT2D eigenvalue weighted by molar-refractivity contribution is 5.97. The van der Waals surface area contributed by atoms with Gasteiger partial charge in [-0.2, -0.15) is 4.98 Å². The number of amides is 1. The molecule has 4 aliphatic carbocycles. The number of nitrogens with one attached hydrogen (secondary N) is 4. The smallest absolute Gasteiger partial charge is 0.292 e. The first-order valence-corrected chi connectivity index (χ1v) is 12.9. The monoisotopic (exact) mass is 477 g/mol. The first-order valence-electron chi connectivity index (χ1n) is 12.9. The summed E-state index contributed by atoms with van der Waals surface area (Å²) in [4.78, 5) is 24.9. The molecule has 0 aromatic carbocycles. The van der Waals surface area contributed by atoms with Crippen LogP contribution in [0.5, 0.6) is 0 Å². The normalized spacial score (nSPS) is 32.3. The molecule has 5 N–H and O–H groups in total. The molecule has 10 heteroatoms. The number of nitrogens with zero attached hydrogens (tertiary/aromatic N) is 3. The van der Waals surface area contributed by atoms with Gasteiger partial charge in [0.1, 0.15) is 5.65 Å². The standard InChI is InChI=1S/C25H31N7O3/c33-23(29-16-1-4-26-5-2-16)22-31-24(35-32-22)18-12-28-21-17(3-6-27-21)20(18)30-19-14-7-13-8-15(19)11-25(34,9-13)10-14/h3,6,12-16,19,26,34H,1-2,4-5,7-11H2,(H,29,33)(H2,27,28,30)/t13?,14-,15+,19?,25?. The van der Waals surface area contributed by atoms with Crippen LogP contribution in [-0.2, 0) is 0 Å². The van der Waals surface area contributed by atoms with Crippen LogP contribution in [0.1, 0.15) is 55.6 Å². The Hall–Kier alpha value is -2.98. The van der Waals surface area contributed by atoms with Crippen LogP contribution in [0.25, 0.3) is 22.5 Å². The molecule has 1 aliphatic heterocycles. The molecule has 1 amide bonds. The predicted octanol–water partition coefficient (Wildman–Crippen LogP) is 2.45. The molecule has 4 heterocycles. The third-order valence-corrected chi connectivity index (χ3v) is 8.67.